The van der Waals surface area contributed by atoms with Gasteiger partial charge in [0.05, 0.1) is 5.03 Å². The molecule has 4 heteroatoms. The van der Waals surface area contributed by atoms with Crippen LogP contribution >= 0.6 is 11.6 Å². The first kappa shape index (κ1) is 8.01. The average molecular weight is 172 g/mol. The molecule has 0 atom stereocenters. The zero-order valence-corrected chi connectivity index (χ0v) is 6.59. The first-order chi connectivity index (χ1) is 5.15. The van der Waals surface area contributed by atoms with Crippen molar-refractivity contribution in [1.29, 1.82) is 0 Å². The van der Waals surface area contributed by atoms with Crippen LogP contribution in [0.3, 0.4) is 0 Å². The van der Waals surface area contributed by atoms with Gasteiger partial charge in [-0.3, -0.25) is 4.79 Å². The van der Waals surface area contributed by atoms with Crippen molar-refractivity contribution in [2.24, 2.45) is 5.16 Å². The fourth-order valence-electron chi connectivity index (χ4n) is 0.832. The second-order valence-corrected chi connectivity index (χ2v) is 2.58. The third-order valence-corrected chi connectivity index (χ3v) is 1.62. The Balaban J connectivity index is 3.11. The maximum atomic E-state index is 10.8. The van der Waals surface area contributed by atoms with E-state index in [4.69, 9.17) is 16.8 Å². The van der Waals surface area contributed by atoms with E-state index in [2.05, 4.69) is 5.16 Å². The summed E-state index contributed by atoms with van der Waals surface area (Å²) in [4.78, 5) is 10.8. The number of nitrogens with zero attached hydrogens (tertiary/aromatic N) is 1. The van der Waals surface area contributed by atoms with Gasteiger partial charge < -0.3 is 5.21 Å². The van der Waals surface area contributed by atoms with Gasteiger partial charge in [-0.15, -0.1) is 0 Å². The molecule has 1 aliphatic carbocycles. The molecule has 1 rings (SSSR count). The van der Waals surface area contributed by atoms with E-state index in [0.717, 1.165) is 0 Å². The maximum absolute atomic E-state index is 10.8. The van der Waals surface area contributed by atoms with Crippen LogP contribution in [0.1, 0.15) is 6.92 Å². The fourth-order valence-corrected chi connectivity index (χ4v) is 1.13. The van der Waals surface area contributed by atoms with Gasteiger partial charge in [-0.25, -0.2) is 0 Å². The van der Waals surface area contributed by atoms with E-state index in [1.165, 1.54) is 12.2 Å². The van der Waals surface area contributed by atoms with Crippen LogP contribution in [-0.4, -0.2) is 16.7 Å². The summed E-state index contributed by atoms with van der Waals surface area (Å²) in [6, 6.07) is 0. The van der Waals surface area contributed by atoms with Gasteiger partial charge in [0.2, 0.25) is 0 Å². The zero-order chi connectivity index (χ0) is 8.43. The smallest absolute Gasteiger partial charge is 0.180 e. The summed E-state index contributed by atoms with van der Waals surface area (Å²) in [7, 11) is 0. The number of oxime groups is 1. The highest BCUT2D eigenvalue weighted by Crippen LogP contribution is 2.16. The monoisotopic (exact) mass is 171 g/mol. The van der Waals surface area contributed by atoms with Crippen LogP contribution in [0.4, 0.5) is 0 Å². The summed E-state index contributed by atoms with van der Waals surface area (Å²) in [5.41, 5.74) is 0.830. The SMILES string of the molecule is CC1=CC(=O)C=C(Cl)/C1=N/O. The average Bonchev–Trinajstić information content (AvgIpc) is 1.85. The highest BCUT2D eigenvalue weighted by molar-refractivity contribution is 6.49. The van der Waals surface area contributed by atoms with Gasteiger partial charge >= 0.3 is 0 Å². The Kier molecular flexibility index (Phi) is 2.10. The van der Waals surface area contributed by atoms with Gasteiger partial charge in [0, 0.05) is 6.08 Å². The van der Waals surface area contributed by atoms with Crippen LogP contribution in [0, 0.1) is 0 Å². The third-order valence-electron chi connectivity index (χ3n) is 1.33. The van der Waals surface area contributed by atoms with Gasteiger partial charge in [0.1, 0.15) is 5.71 Å². The Morgan fingerprint density at radius 2 is 2.18 bits per heavy atom. The number of hydrogen-bond acceptors (Lipinski definition) is 3. The minimum Gasteiger partial charge on any atom is -0.410 e. The van der Waals surface area contributed by atoms with Crippen molar-refractivity contribution in [3.63, 3.8) is 0 Å². The number of carbonyl (C=O) groups excluding carboxylic acids is 1. The van der Waals surface area contributed by atoms with E-state index >= 15 is 0 Å². The van der Waals surface area contributed by atoms with Crippen molar-refractivity contribution in [1.82, 2.24) is 0 Å². The van der Waals surface area contributed by atoms with Crippen LogP contribution in [0.25, 0.3) is 0 Å². The second-order valence-electron chi connectivity index (χ2n) is 2.17. The molecular formula is C7H6ClNO2. The van der Waals surface area contributed by atoms with Crippen molar-refractivity contribution in [2.45, 2.75) is 6.92 Å². The van der Waals surface area contributed by atoms with E-state index in [1.54, 1.807) is 6.92 Å². The number of carbonyl (C=O) groups is 1. The molecule has 0 saturated carbocycles. The van der Waals surface area contributed by atoms with Crippen LogP contribution in [0.15, 0.2) is 27.9 Å². The molecule has 0 aromatic heterocycles. The molecule has 0 aromatic rings. The molecule has 0 spiro atoms. The molecule has 0 heterocycles. The molecule has 0 unspecified atom stereocenters. The quantitative estimate of drug-likeness (QED) is 0.341. The first-order valence-corrected chi connectivity index (χ1v) is 3.35. The molecule has 3 nitrogen and oxygen atoms in total. The molecular weight excluding hydrogens is 166 g/mol. The molecule has 0 amide bonds. The van der Waals surface area contributed by atoms with E-state index in [0.29, 0.717) is 5.57 Å². The van der Waals surface area contributed by atoms with Gasteiger partial charge in [0.25, 0.3) is 0 Å². The van der Waals surface area contributed by atoms with Crippen molar-refractivity contribution in [3.05, 3.63) is 22.8 Å². The van der Waals surface area contributed by atoms with Crippen molar-refractivity contribution < 1.29 is 10.0 Å². The Morgan fingerprint density at radius 1 is 1.55 bits per heavy atom. The molecule has 0 saturated heterocycles. The minimum atomic E-state index is -0.181. The lowest BCUT2D eigenvalue weighted by Gasteiger charge is -2.06. The zero-order valence-electron chi connectivity index (χ0n) is 5.84. The van der Waals surface area contributed by atoms with Gasteiger partial charge in [-0.1, -0.05) is 16.8 Å². The standard InChI is InChI=1S/C7H6ClNO2/c1-4-2-5(10)3-6(8)7(4)9-11/h2-3,11H,1H3/b9-7+. The van der Waals surface area contributed by atoms with Crippen LogP contribution in [-0.2, 0) is 4.79 Å². The summed E-state index contributed by atoms with van der Waals surface area (Å²) in [6.07, 6.45) is 2.57. The lowest BCUT2D eigenvalue weighted by molar-refractivity contribution is -0.110. The number of rotatable bonds is 0. The molecule has 0 aromatic carbocycles. The summed E-state index contributed by atoms with van der Waals surface area (Å²) in [5.74, 6) is -0.181. The number of hydrogen-bond donors (Lipinski definition) is 1. The Labute approximate surface area is 68.7 Å². The van der Waals surface area contributed by atoms with Crippen LogP contribution in [0.5, 0.6) is 0 Å². The molecule has 58 valence electrons. The lowest BCUT2D eigenvalue weighted by atomic mass is 10.0. The Hall–Kier alpha value is -1.09. The first-order valence-electron chi connectivity index (χ1n) is 2.97. The third kappa shape index (κ3) is 1.49. The van der Waals surface area contributed by atoms with E-state index in [1.807, 2.05) is 0 Å². The normalized spacial score (nSPS) is 21.6. The number of ketones is 1. The van der Waals surface area contributed by atoms with E-state index < -0.39 is 0 Å². The van der Waals surface area contributed by atoms with Gasteiger partial charge in [-0.05, 0) is 18.6 Å². The fraction of sp³-hybridized carbons (Fsp3) is 0.143. The molecule has 0 fully saturated rings. The van der Waals surface area contributed by atoms with Crippen LogP contribution < -0.4 is 0 Å². The predicted molar refractivity (Wildman–Crippen MR) is 41.9 cm³/mol. The molecule has 0 radical (unpaired) electrons. The molecule has 11 heavy (non-hydrogen) atoms. The van der Waals surface area contributed by atoms with Crippen molar-refractivity contribution in [3.8, 4) is 0 Å². The van der Waals surface area contributed by atoms with Crippen molar-refractivity contribution in [2.75, 3.05) is 0 Å². The lowest BCUT2D eigenvalue weighted by Crippen LogP contribution is -2.09. The predicted octanol–water partition coefficient (Wildman–Crippen LogP) is 1.47. The highest BCUT2D eigenvalue weighted by atomic mass is 35.5. The Bertz CT molecular complexity index is 265. The molecule has 0 bridgehead atoms. The largest absolute Gasteiger partial charge is 0.410 e. The van der Waals surface area contributed by atoms with Gasteiger partial charge in [-0.2, -0.15) is 0 Å². The summed E-state index contributed by atoms with van der Waals surface area (Å²) >= 11 is 5.58. The molecule has 1 N–H and O–H groups in total. The van der Waals surface area contributed by atoms with Crippen LogP contribution in [0.2, 0.25) is 0 Å². The second kappa shape index (κ2) is 2.88. The molecule has 0 aliphatic heterocycles. The maximum Gasteiger partial charge on any atom is 0.180 e. The highest BCUT2D eigenvalue weighted by Gasteiger charge is 2.14. The number of halogens is 1. The summed E-state index contributed by atoms with van der Waals surface area (Å²) in [6.45, 7) is 1.66. The van der Waals surface area contributed by atoms with Gasteiger partial charge in [0.15, 0.2) is 5.78 Å². The summed E-state index contributed by atoms with van der Waals surface area (Å²) in [5, 5.41) is 11.5. The number of allylic oxidation sites excluding steroid dienone is 4. The van der Waals surface area contributed by atoms with E-state index in [-0.39, 0.29) is 16.5 Å². The van der Waals surface area contributed by atoms with Crippen molar-refractivity contribution >= 4 is 23.1 Å². The summed E-state index contributed by atoms with van der Waals surface area (Å²) < 4.78 is 0. The Morgan fingerprint density at radius 3 is 2.64 bits per heavy atom. The molecule has 1 aliphatic rings. The van der Waals surface area contributed by atoms with E-state index in [9.17, 15) is 4.79 Å². The minimum absolute atomic E-state index is 0.178. The topological polar surface area (TPSA) is 49.7 Å².